The minimum Gasteiger partial charge on any atom is -0.479 e. The van der Waals surface area contributed by atoms with Crippen molar-refractivity contribution >= 4 is 11.9 Å². The summed E-state index contributed by atoms with van der Waals surface area (Å²) in [7, 11) is 0. The van der Waals surface area contributed by atoms with Crippen molar-refractivity contribution in [3.63, 3.8) is 0 Å². The maximum absolute atomic E-state index is 13.1. The number of carboxylic acid groups (broad SMARTS) is 1. The first-order chi connectivity index (χ1) is 11.9. The smallest absolute Gasteiger partial charge is 0.331 e. The molecule has 2 heterocycles. The first kappa shape index (κ1) is 17.2. The summed E-state index contributed by atoms with van der Waals surface area (Å²) in [5, 5.41) is 14.0. The molecule has 0 saturated heterocycles. The van der Waals surface area contributed by atoms with Gasteiger partial charge < -0.3 is 10.0 Å². The summed E-state index contributed by atoms with van der Waals surface area (Å²) < 4.78 is 1.81. The number of carbonyl (C=O) groups excluding carboxylic acids is 1. The van der Waals surface area contributed by atoms with E-state index in [4.69, 9.17) is 0 Å². The molecule has 1 aromatic carbocycles. The number of amides is 1. The van der Waals surface area contributed by atoms with E-state index in [1.165, 1.54) is 4.90 Å². The van der Waals surface area contributed by atoms with Crippen LogP contribution in [0.15, 0.2) is 30.5 Å². The summed E-state index contributed by atoms with van der Waals surface area (Å²) >= 11 is 0. The van der Waals surface area contributed by atoms with Crippen LogP contribution in [0.3, 0.4) is 0 Å². The van der Waals surface area contributed by atoms with E-state index in [0.29, 0.717) is 30.0 Å². The van der Waals surface area contributed by atoms with Crippen molar-refractivity contribution in [1.82, 2.24) is 14.7 Å². The lowest BCUT2D eigenvalue weighted by atomic mass is 9.92. The molecule has 0 radical (unpaired) electrons. The van der Waals surface area contributed by atoms with Gasteiger partial charge >= 0.3 is 5.97 Å². The Kier molecular flexibility index (Phi) is 4.61. The lowest BCUT2D eigenvalue weighted by molar-refractivity contribution is -0.143. The van der Waals surface area contributed by atoms with Gasteiger partial charge in [0.05, 0.1) is 11.8 Å². The van der Waals surface area contributed by atoms with Crippen LogP contribution in [0, 0.1) is 12.8 Å². The van der Waals surface area contributed by atoms with Crippen molar-refractivity contribution < 1.29 is 14.7 Å². The molecule has 1 atom stereocenters. The zero-order chi connectivity index (χ0) is 18.1. The second-order valence-electron chi connectivity index (χ2n) is 6.91. The van der Waals surface area contributed by atoms with E-state index in [1.54, 1.807) is 12.3 Å². The van der Waals surface area contributed by atoms with Crippen molar-refractivity contribution in [3.05, 3.63) is 52.8 Å². The molecule has 1 aromatic heterocycles. The largest absolute Gasteiger partial charge is 0.479 e. The molecule has 1 unspecified atom stereocenters. The Balaban J connectivity index is 1.95. The number of carboxylic acids is 1. The maximum Gasteiger partial charge on any atom is 0.331 e. The quantitative estimate of drug-likeness (QED) is 0.928. The van der Waals surface area contributed by atoms with E-state index in [2.05, 4.69) is 18.9 Å². The number of aromatic nitrogens is 2. The van der Waals surface area contributed by atoms with Crippen LogP contribution in [0.1, 0.15) is 47.1 Å². The molecule has 0 saturated carbocycles. The Hall–Kier alpha value is -2.63. The molecule has 0 aliphatic carbocycles. The number of nitrogens with zero attached hydrogens (tertiary/aromatic N) is 3. The van der Waals surface area contributed by atoms with Crippen LogP contribution in [0.4, 0.5) is 0 Å². The molecule has 6 nitrogen and oxygen atoms in total. The van der Waals surface area contributed by atoms with Crippen LogP contribution < -0.4 is 0 Å². The van der Waals surface area contributed by atoms with Crippen molar-refractivity contribution in [2.75, 3.05) is 6.54 Å². The van der Waals surface area contributed by atoms with Gasteiger partial charge in [0.25, 0.3) is 5.91 Å². The second-order valence-corrected chi connectivity index (χ2v) is 6.91. The molecule has 25 heavy (non-hydrogen) atoms. The number of benzene rings is 1. The predicted molar refractivity (Wildman–Crippen MR) is 93.4 cm³/mol. The van der Waals surface area contributed by atoms with Gasteiger partial charge in [0.15, 0.2) is 6.04 Å². The van der Waals surface area contributed by atoms with E-state index in [-0.39, 0.29) is 5.91 Å². The highest BCUT2D eigenvalue weighted by Crippen LogP contribution is 2.31. The summed E-state index contributed by atoms with van der Waals surface area (Å²) in [4.78, 5) is 26.4. The Labute approximate surface area is 147 Å². The lowest BCUT2D eigenvalue weighted by Crippen LogP contribution is -2.43. The van der Waals surface area contributed by atoms with Crippen molar-refractivity contribution in [3.8, 4) is 0 Å². The molecule has 2 aromatic rings. The van der Waals surface area contributed by atoms with Crippen LogP contribution >= 0.6 is 0 Å². The summed E-state index contributed by atoms with van der Waals surface area (Å²) in [5.74, 6) is -0.864. The Bertz CT molecular complexity index is 810. The highest BCUT2D eigenvalue weighted by molar-refractivity contribution is 5.98. The monoisotopic (exact) mass is 341 g/mol. The SMILES string of the molecule is Cc1c(C(=O)N2CCc3ccccc3C2C(=O)O)cnn1CC(C)C. The summed E-state index contributed by atoms with van der Waals surface area (Å²) in [6.07, 6.45) is 2.21. The number of hydrogen-bond donors (Lipinski definition) is 1. The third-order valence-electron chi connectivity index (χ3n) is 4.65. The molecule has 1 aliphatic rings. The Morgan fingerprint density at radius 1 is 1.32 bits per heavy atom. The number of hydrogen-bond acceptors (Lipinski definition) is 3. The van der Waals surface area contributed by atoms with Crippen molar-refractivity contribution in [1.29, 1.82) is 0 Å². The van der Waals surface area contributed by atoms with Gasteiger partial charge in [-0.2, -0.15) is 5.10 Å². The second kappa shape index (κ2) is 6.70. The molecule has 6 heteroatoms. The van der Waals surface area contributed by atoms with Gasteiger partial charge in [0.2, 0.25) is 0 Å². The number of carbonyl (C=O) groups is 2. The van der Waals surface area contributed by atoms with Gasteiger partial charge in [-0.1, -0.05) is 38.1 Å². The standard InChI is InChI=1S/C19H23N3O3/c1-12(2)11-22-13(3)16(10-20-22)18(23)21-9-8-14-6-4-5-7-15(14)17(21)19(24)25/h4-7,10,12,17H,8-9,11H2,1-3H3,(H,24,25). The van der Waals surface area contributed by atoms with Crippen LogP contribution in [0.5, 0.6) is 0 Å². The van der Waals surface area contributed by atoms with Crippen LogP contribution in [0.25, 0.3) is 0 Å². The van der Waals surface area contributed by atoms with Crippen LogP contribution in [-0.4, -0.2) is 38.2 Å². The van der Waals surface area contributed by atoms with Gasteiger partial charge in [0.1, 0.15) is 0 Å². The van der Waals surface area contributed by atoms with Gasteiger partial charge in [-0.25, -0.2) is 4.79 Å². The molecule has 0 bridgehead atoms. The van der Waals surface area contributed by atoms with E-state index in [0.717, 1.165) is 17.8 Å². The molecular weight excluding hydrogens is 318 g/mol. The van der Waals surface area contributed by atoms with Crippen molar-refractivity contribution in [2.45, 2.75) is 39.8 Å². The molecule has 0 fully saturated rings. The average Bonchev–Trinajstić information content (AvgIpc) is 2.93. The minimum atomic E-state index is -1.01. The van der Waals surface area contributed by atoms with E-state index < -0.39 is 12.0 Å². The van der Waals surface area contributed by atoms with Gasteiger partial charge in [0, 0.05) is 18.8 Å². The van der Waals surface area contributed by atoms with E-state index in [9.17, 15) is 14.7 Å². The molecule has 1 N–H and O–H groups in total. The first-order valence-corrected chi connectivity index (χ1v) is 8.54. The highest BCUT2D eigenvalue weighted by atomic mass is 16.4. The fraction of sp³-hybridized carbons (Fsp3) is 0.421. The number of rotatable bonds is 4. The Morgan fingerprint density at radius 2 is 2.04 bits per heavy atom. The highest BCUT2D eigenvalue weighted by Gasteiger charge is 2.37. The predicted octanol–water partition coefficient (Wildman–Crippen LogP) is 2.67. The fourth-order valence-electron chi connectivity index (χ4n) is 3.39. The molecule has 132 valence electrons. The minimum absolute atomic E-state index is 0.269. The van der Waals surface area contributed by atoms with Gasteiger partial charge in [-0.3, -0.25) is 9.48 Å². The molecule has 1 amide bonds. The topological polar surface area (TPSA) is 75.4 Å². The molecule has 0 spiro atoms. The van der Waals surface area contributed by atoms with Crippen LogP contribution in [0.2, 0.25) is 0 Å². The first-order valence-electron chi connectivity index (χ1n) is 8.54. The Morgan fingerprint density at radius 3 is 2.72 bits per heavy atom. The summed E-state index contributed by atoms with van der Waals surface area (Å²) in [6, 6.07) is 6.48. The number of fused-ring (bicyclic) bond motifs is 1. The zero-order valence-corrected chi connectivity index (χ0v) is 14.8. The summed E-state index contributed by atoms with van der Waals surface area (Å²) in [5.41, 5.74) is 2.95. The molecule has 1 aliphatic heterocycles. The van der Waals surface area contributed by atoms with Crippen LogP contribution in [-0.2, 0) is 17.8 Å². The lowest BCUT2D eigenvalue weighted by Gasteiger charge is -2.34. The van der Waals surface area contributed by atoms with Gasteiger partial charge in [-0.15, -0.1) is 0 Å². The van der Waals surface area contributed by atoms with Crippen molar-refractivity contribution in [2.24, 2.45) is 5.92 Å². The third-order valence-corrected chi connectivity index (χ3v) is 4.65. The van der Waals surface area contributed by atoms with E-state index >= 15 is 0 Å². The average molecular weight is 341 g/mol. The van der Waals surface area contributed by atoms with Gasteiger partial charge in [-0.05, 0) is 30.4 Å². The molecule has 3 rings (SSSR count). The normalized spacial score (nSPS) is 16.8. The zero-order valence-electron chi connectivity index (χ0n) is 14.8. The maximum atomic E-state index is 13.1. The number of aliphatic carboxylic acids is 1. The van der Waals surface area contributed by atoms with E-state index in [1.807, 2.05) is 29.8 Å². The summed E-state index contributed by atoms with van der Waals surface area (Å²) in [6.45, 7) is 7.15. The molecular formula is C19H23N3O3. The fourth-order valence-corrected chi connectivity index (χ4v) is 3.39. The third kappa shape index (κ3) is 3.16.